The van der Waals surface area contributed by atoms with Crippen molar-refractivity contribution in [3.05, 3.63) is 46.8 Å². The number of hydrogen-bond acceptors (Lipinski definition) is 2. The van der Waals surface area contributed by atoms with E-state index in [1.165, 1.54) is 0 Å². The summed E-state index contributed by atoms with van der Waals surface area (Å²) >= 11 is 0. The van der Waals surface area contributed by atoms with Crippen molar-refractivity contribution in [3.63, 3.8) is 0 Å². The molecule has 2 aliphatic rings. The minimum absolute atomic E-state index is 0.00775. The van der Waals surface area contributed by atoms with Crippen molar-refractivity contribution in [1.29, 1.82) is 0 Å². The van der Waals surface area contributed by atoms with Crippen LogP contribution in [0.15, 0.2) is 46.8 Å². The number of ketones is 1. The molecule has 0 aromatic carbocycles. The standard InChI is InChI=1S/C16H20O2/c1-4-7-14(17)12-10-16(3)9-6-5-8-13(16)11(2)15(12)18/h5-6,8-9,17H,4,7,10H2,1-3H3. The van der Waals surface area contributed by atoms with E-state index < -0.39 is 0 Å². The highest BCUT2D eigenvalue weighted by molar-refractivity contribution is 6.10. The molecule has 0 aromatic heterocycles. The zero-order valence-electron chi connectivity index (χ0n) is 11.3. The van der Waals surface area contributed by atoms with E-state index >= 15 is 0 Å². The van der Waals surface area contributed by atoms with Gasteiger partial charge in [-0.25, -0.2) is 0 Å². The van der Waals surface area contributed by atoms with E-state index in [9.17, 15) is 9.90 Å². The van der Waals surface area contributed by atoms with Crippen molar-refractivity contribution in [1.82, 2.24) is 0 Å². The monoisotopic (exact) mass is 244 g/mol. The molecule has 18 heavy (non-hydrogen) atoms. The van der Waals surface area contributed by atoms with Crippen molar-refractivity contribution in [2.24, 2.45) is 5.41 Å². The number of aliphatic hydroxyl groups is 1. The largest absolute Gasteiger partial charge is 0.512 e. The SMILES string of the molecule is CCCC(O)=C1CC2(C)C=CC=CC2=C(C)C1=O. The Morgan fingerprint density at radius 3 is 2.83 bits per heavy atom. The molecule has 0 saturated heterocycles. The van der Waals surface area contributed by atoms with E-state index in [1.807, 2.05) is 32.1 Å². The summed E-state index contributed by atoms with van der Waals surface area (Å²) in [5.41, 5.74) is 2.30. The van der Waals surface area contributed by atoms with E-state index in [1.54, 1.807) is 0 Å². The minimum atomic E-state index is -0.149. The third-order valence-corrected chi connectivity index (χ3v) is 3.85. The summed E-state index contributed by atoms with van der Waals surface area (Å²) in [5.74, 6) is 0.276. The molecule has 0 fully saturated rings. The zero-order valence-corrected chi connectivity index (χ0v) is 11.3. The van der Waals surface area contributed by atoms with Crippen LogP contribution in [0.4, 0.5) is 0 Å². The van der Waals surface area contributed by atoms with Crippen LogP contribution in [0.5, 0.6) is 0 Å². The van der Waals surface area contributed by atoms with Crippen LogP contribution in [0, 0.1) is 5.41 Å². The zero-order chi connectivity index (χ0) is 13.3. The Hall–Kier alpha value is -1.57. The van der Waals surface area contributed by atoms with Gasteiger partial charge in [-0.15, -0.1) is 0 Å². The van der Waals surface area contributed by atoms with Gasteiger partial charge in [0, 0.05) is 23.0 Å². The highest BCUT2D eigenvalue weighted by atomic mass is 16.3. The second kappa shape index (κ2) is 4.60. The van der Waals surface area contributed by atoms with Gasteiger partial charge in [0.2, 0.25) is 0 Å². The smallest absolute Gasteiger partial charge is 0.188 e. The first-order valence-electron chi connectivity index (χ1n) is 6.52. The molecule has 1 N–H and O–H groups in total. The van der Waals surface area contributed by atoms with Crippen LogP contribution in [-0.4, -0.2) is 10.9 Å². The number of aliphatic hydroxyl groups excluding tert-OH is 1. The van der Waals surface area contributed by atoms with Gasteiger partial charge in [0.1, 0.15) is 0 Å². The van der Waals surface area contributed by atoms with Crippen molar-refractivity contribution < 1.29 is 9.90 Å². The second-order valence-electron chi connectivity index (χ2n) is 5.36. The fraction of sp³-hybridized carbons (Fsp3) is 0.438. The summed E-state index contributed by atoms with van der Waals surface area (Å²) in [6, 6.07) is 0. The van der Waals surface area contributed by atoms with Gasteiger partial charge in [-0.05, 0) is 25.3 Å². The Labute approximate surface area is 108 Å². The van der Waals surface area contributed by atoms with Crippen LogP contribution in [0.3, 0.4) is 0 Å². The van der Waals surface area contributed by atoms with E-state index in [0.29, 0.717) is 18.4 Å². The topological polar surface area (TPSA) is 37.3 Å². The molecule has 96 valence electrons. The molecule has 0 spiro atoms. The van der Waals surface area contributed by atoms with E-state index in [2.05, 4.69) is 13.0 Å². The first kappa shape index (κ1) is 12.9. The molecule has 0 radical (unpaired) electrons. The minimum Gasteiger partial charge on any atom is -0.512 e. The first-order valence-corrected chi connectivity index (χ1v) is 6.52. The predicted octanol–water partition coefficient (Wildman–Crippen LogP) is 4.02. The third-order valence-electron chi connectivity index (χ3n) is 3.85. The normalized spacial score (nSPS) is 29.6. The third kappa shape index (κ3) is 1.96. The number of allylic oxidation sites excluding steroid dienone is 8. The lowest BCUT2D eigenvalue weighted by Crippen LogP contribution is -2.29. The maximum atomic E-state index is 12.3. The Morgan fingerprint density at radius 1 is 1.44 bits per heavy atom. The molecule has 1 unspecified atom stereocenters. The number of rotatable bonds is 2. The molecule has 0 bridgehead atoms. The van der Waals surface area contributed by atoms with Crippen LogP contribution in [0.25, 0.3) is 0 Å². The summed E-state index contributed by atoms with van der Waals surface area (Å²) in [6.07, 6.45) is 10.2. The Morgan fingerprint density at radius 2 is 2.17 bits per heavy atom. The van der Waals surface area contributed by atoms with Crippen molar-refractivity contribution in [2.75, 3.05) is 0 Å². The van der Waals surface area contributed by atoms with Crippen LogP contribution >= 0.6 is 0 Å². The average Bonchev–Trinajstić information content (AvgIpc) is 2.34. The maximum Gasteiger partial charge on any atom is 0.188 e. The summed E-state index contributed by atoms with van der Waals surface area (Å²) < 4.78 is 0. The number of Topliss-reactive ketones (excluding diaryl/α,β-unsaturated/α-hetero) is 1. The van der Waals surface area contributed by atoms with Crippen LogP contribution in [0.2, 0.25) is 0 Å². The van der Waals surface area contributed by atoms with Gasteiger partial charge in [-0.2, -0.15) is 0 Å². The molecule has 2 nitrogen and oxygen atoms in total. The number of carbonyl (C=O) groups is 1. The Kier molecular flexibility index (Phi) is 3.29. The van der Waals surface area contributed by atoms with Gasteiger partial charge >= 0.3 is 0 Å². The lowest BCUT2D eigenvalue weighted by Gasteiger charge is -2.36. The van der Waals surface area contributed by atoms with E-state index in [0.717, 1.165) is 17.6 Å². The van der Waals surface area contributed by atoms with Crippen molar-refractivity contribution >= 4 is 5.78 Å². The molecule has 0 heterocycles. The molecule has 2 rings (SSSR count). The van der Waals surface area contributed by atoms with Gasteiger partial charge in [0.05, 0.1) is 5.76 Å². The fourth-order valence-corrected chi connectivity index (χ4v) is 2.82. The highest BCUT2D eigenvalue weighted by Gasteiger charge is 2.38. The summed E-state index contributed by atoms with van der Waals surface area (Å²) in [4.78, 5) is 12.3. The Balaban J connectivity index is 2.52. The lowest BCUT2D eigenvalue weighted by atomic mass is 9.67. The van der Waals surface area contributed by atoms with Gasteiger partial charge in [0.15, 0.2) is 5.78 Å². The van der Waals surface area contributed by atoms with Crippen molar-refractivity contribution in [3.8, 4) is 0 Å². The average molecular weight is 244 g/mol. The van der Waals surface area contributed by atoms with Crippen LogP contribution in [-0.2, 0) is 4.79 Å². The van der Waals surface area contributed by atoms with Gasteiger partial charge < -0.3 is 5.11 Å². The second-order valence-corrected chi connectivity index (χ2v) is 5.36. The summed E-state index contributed by atoms with van der Waals surface area (Å²) in [5, 5.41) is 10.1. The molecular weight excluding hydrogens is 224 g/mol. The van der Waals surface area contributed by atoms with Crippen molar-refractivity contribution in [2.45, 2.75) is 40.0 Å². The van der Waals surface area contributed by atoms with Gasteiger partial charge in [-0.1, -0.05) is 38.2 Å². The maximum absolute atomic E-state index is 12.3. The highest BCUT2D eigenvalue weighted by Crippen LogP contribution is 2.45. The Bertz CT molecular complexity index is 503. The predicted molar refractivity (Wildman–Crippen MR) is 73.3 cm³/mol. The molecule has 0 amide bonds. The molecule has 0 aliphatic heterocycles. The fourth-order valence-electron chi connectivity index (χ4n) is 2.82. The number of hydrogen-bond donors (Lipinski definition) is 1. The molecule has 2 heteroatoms. The van der Waals surface area contributed by atoms with Crippen LogP contribution in [0.1, 0.15) is 40.0 Å². The molecule has 0 aromatic rings. The lowest BCUT2D eigenvalue weighted by molar-refractivity contribution is -0.113. The van der Waals surface area contributed by atoms with E-state index in [4.69, 9.17) is 0 Å². The molecule has 1 atom stereocenters. The summed E-state index contributed by atoms with van der Waals surface area (Å²) in [7, 11) is 0. The molecule has 2 aliphatic carbocycles. The quantitative estimate of drug-likeness (QED) is 0.588. The number of carbonyl (C=O) groups excluding carboxylic acids is 1. The van der Waals surface area contributed by atoms with Gasteiger partial charge in [-0.3, -0.25) is 4.79 Å². The number of fused-ring (bicyclic) bond motifs is 1. The van der Waals surface area contributed by atoms with E-state index in [-0.39, 0.29) is 17.0 Å². The molecular formula is C16H20O2. The van der Waals surface area contributed by atoms with Crippen LogP contribution < -0.4 is 0 Å². The van der Waals surface area contributed by atoms with Gasteiger partial charge in [0.25, 0.3) is 0 Å². The summed E-state index contributed by atoms with van der Waals surface area (Å²) in [6.45, 7) is 5.98. The molecule has 0 saturated carbocycles. The first-order chi connectivity index (χ1) is 8.49.